The minimum Gasteiger partial charge on any atom is -0.462 e. The molecule has 2 heterocycles. The van der Waals surface area contributed by atoms with Gasteiger partial charge in [-0.3, -0.25) is 4.79 Å². The summed E-state index contributed by atoms with van der Waals surface area (Å²) in [5, 5.41) is 3.44. The van der Waals surface area contributed by atoms with Crippen LogP contribution in [0.2, 0.25) is 0 Å². The third-order valence-electron chi connectivity index (χ3n) is 3.43. The lowest BCUT2D eigenvalue weighted by atomic mass is 10.1. The van der Waals surface area contributed by atoms with Crippen molar-refractivity contribution in [3.05, 3.63) is 16.5 Å². The van der Waals surface area contributed by atoms with Crippen LogP contribution in [-0.2, 0) is 20.7 Å². The fourth-order valence-electron chi connectivity index (χ4n) is 2.28. The van der Waals surface area contributed by atoms with Gasteiger partial charge >= 0.3 is 5.97 Å². The van der Waals surface area contributed by atoms with Crippen LogP contribution in [0.3, 0.4) is 0 Å². The SMILES string of the molecule is CCOC(=O)c1cc(CC)sc1NC(=O)C1COC(C)C1. The molecule has 0 spiro atoms. The van der Waals surface area contributed by atoms with Crippen molar-refractivity contribution in [3.8, 4) is 0 Å². The van der Waals surface area contributed by atoms with E-state index in [4.69, 9.17) is 9.47 Å². The molecule has 1 aliphatic rings. The summed E-state index contributed by atoms with van der Waals surface area (Å²) in [6.45, 7) is 6.49. The Kier molecular flexibility index (Phi) is 5.36. The Hall–Kier alpha value is -1.40. The van der Waals surface area contributed by atoms with Crippen molar-refractivity contribution in [2.75, 3.05) is 18.5 Å². The molecule has 21 heavy (non-hydrogen) atoms. The number of aryl methyl sites for hydroxylation is 1. The number of carbonyl (C=O) groups is 2. The topological polar surface area (TPSA) is 64.6 Å². The Morgan fingerprint density at radius 2 is 2.24 bits per heavy atom. The molecule has 0 aromatic carbocycles. The normalized spacial score (nSPS) is 21.3. The molecule has 0 aliphatic carbocycles. The van der Waals surface area contributed by atoms with Crippen LogP contribution in [0.15, 0.2) is 6.07 Å². The minimum atomic E-state index is -0.389. The number of nitrogens with one attached hydrogen (secondary N) is 1. The standard InChI is InChI=1S/C15H21NO4S/c1-4-11-7-12(15(18)19-5-2)14(21-11)16-13(17)10-6-9(3)20-8-10/h7,9-10H,4-6,8H2,1-3H3,(H,16,17). The van der Waals surface area contributed by atoms with Crippen molar-refractivity contribution in [1.29, 1.82) is 0 Å². The van der Waals surface area contributed by atoms with E-state index in [1.807, 2.05) is 13.8 Å². The van der Waals surface area contributed by atoms with Gasteiger partial charge in [-0.15, -0.1) is 11.3 Å². The van der Waals surface area contributed by atoms with E-state index >= 15 is 0 Å². The van der Waals surface area contributed by atoms with Gasteiger partial charge in [0, 0.05) is 4.88 Å². The monoisotopic (exact) mass is 311 g/mol. The second-order valence-corrected chi connectivity index (χ2v) is 6.23. The molecular weight excluding hydrogens is 290 g/mol. The number of ether oxygens (including phenoxy) is 2. The zero-order chi connectivity index (χ0) is 15.4. The van der Waals surface area contributed by atoms with Gasteiger partial charge in [0.1, 0.15) is 5.00 Å². The first-order chi connectivity index (χ1) is 10.0. The Morgan fingerprint density at radius 1 is 1.48 bits per heavy atom. The fraction of sp³-hybridized carbons (Fsp3) is 0.600. The third kappa shape index (κ3) is 3.83. The van der Waals surface area contributed by atoms with E-state index in [-0.39, 0.29) is 23.9 Å². The predicted octanol–water partition coefficient (Wildman–Crippen LogP) is 2.85. The first kappa shape index (κ1) is 16.0. The van der Waals surface area contributed by atoms with E-state index in [0.29, 0.717) is 30.2 Å². The van der Waals surface area contributed by atoms with Crippen LogP contribution < -0.4 is 5.32 Å². The van der Waals surface area contributed by atoms with Gasteiger partial charge in [-0.05, 0) is 32.8 Å². The molecule has 5 nitrogen and oxygen atoms in total. The lowest BCUT2D eigenvalue weighted by Crippen LogP contribution is -2.23. The zero-order valence-electron chi connectivity index (χ0n) is 12.6. The van der Waals surface area contributed by atoms with Crippen LogP contribution in [-0.4, -0.2) is 31.2 Å². The van der Waals surface area contributed by atoms with Gasteiger partial charge < -0.3 is 14.8 Å². The molecule has 1 aromatic heterocycles. The van der Waals surface area contributed by atoms with E-state index in [1.165, 1.54) is 11.3 Å². The molecular formula is C15H21NO4S. The summed E-state index contributed by atoms with van der Waals surface area (Å²) < 4.78 is 10.5. The predicted molar refractivity (Wildman–Crippen MR) is 81.8 cm³/mol. The highest BCUT2D eigenvalue weighted by atomic mass is 32.1. The molecule has 1 amide bonds. The van der Waals surface area contributed by atoms with Crippen molar-refractivity contribution in [1.82, 2.24) is 0 Å². The average Bonchev–Trinajstić information content (AvgIpc) is 3.05. The van der Waals surface area contributed by atoms with Gasteiger partial charge in [0.25, 0.3) is 0 Å². The zero-order valence-corrected chi connectivity index (χ0v) is 13.4. The van der Waals surface area contributed by atoms with E-state index in [2.05, 4.69) is 5.32 Å². The number of amides is 1. The minimum absolute atomic E-state index is 0.0885. The maximum Gasteiger partial charge on any atom is 0.341 e. The van der Waals surface area contributed by atoms with Crippen molar-refractivity contribution in [3.63, 3.8) is 0 Å². The lowest BCUT2D eigenvalue weighted by molar-refractivity contribution is -0.119. The maximum atomic E-state index is 12.3. The van der Waals surface area contributed by atoms with Crippen LogP contribution in [0.5, 0.6) is 0 Å². The molecule has 1 aromatic rings. The van der Waals surface area contributed by atoms with Gasteiger partial charge in [-0.25, -0.2) is 4.79 Å². The molecule has 1 aliphatic heterocycles. The van der Waals surface area contributed by atoms with Crippen molar-refractivity contribution in [2.45, 2.75) is 39.7 Å². The first-order valence-electron chi connectivity index (χ1n) is 7.27. The highest BCUT2D eigenvalue weighted by Gasteiger charge is 2.29. The number of rotatable bonds is 5. The van der Waals surface area contributed by atoms with Crippen LogP contribution in [0, 0.1) is 5.92 Å². The summed E-state index contributed by atoms with van der Waals surface area (Å²) in [6.07, 6.45) is 1.64. The molecule has 1 N–H and O–H groups in total. The molecule has 1 fully saturated rings. The number of hydrogen-bond acceptors (Lipinski definition) is 5. The number of hydrogen-bond donors (Lipinski definition) is 1. The Labute approximate surface area is 128 Å². The molecule has 0 bridgehead atoms. The lowest BCUT2D eigenvalue weighted by Gasteiger charge is -2.09. The molecule has 6 heteroatoms. The maximum absolute atomic E-state index is 12.3. The number of carbonyl (C=O) groups excluding carboxylic acids is 2. The van der Waals surface area contributed by atoms with Crippen LogP contribution in [0.25, 0.3) is 0 Å². The summed E-state index contributed by atoms with van der Waals surface area (Å²) in [5.41, 5.74) is 0.444. The smallest absolute Gasteiger partial charge is 0.341 e. The number of thiophene rings is 1. The average molecular weight is 311 g/mol. The van der Waals surface area contributed by atoms with E-state index in [0.717, 1.165) is 11.3 Å². The van der Waals surface area contributed by atoms with Crippen LogP contribution >= 0.6 is 11.3 Å². The van der Waals surface area contributed by atoms with Gasteiger partial charge in [-0.1, -0.05) is 6.92 Å². The van der Waals surface area contributed by atoms with Crippen LogP contribution in [0.1, 0.15) is 42.4 Å². The summed E-state index contributed by atoms with van der Waals surface area (Å²) in [6, 6.07) is 1.80. The summed E-state index contributed by atoms with van der Waals surface area (Å²) in [5.74, 6) is -0.628. The van der Waals surface area contributed by atoms with Gasteiger partial charge in [-0.2, -0.15) is 0 Å². The molecule has 2 atom stereocenters. The third-order valence-corrected chi connectivity index (χ3v) is 4.63. The largest absolute Gasteiger partial charge is 0.462 e. The van der Waals surface area contributed by atoms with E-state index in [9.17, 15) is 9.59 Å². The van der Waals surface area contributed by atoms with E-state index in [1.54, 1.807) is 13.0 Å². The summed E-state index contributed by atoms with van der Waals surface area (Å²) in [4.78, 5) is 25.3. The fourth-order valence-corrected chi connectivity index (χ4v) is 3.27. The van der Waals surface area contributed by atoms with Crippen molar-refractivity contribution >= 4 is 28.2 Å². The highest BCUT2D eigenvalue weighted by molar-refractivity contribution is 7.16. The molecule has 0 saturated carbocycles. The second-order valence-electron chi connectivity index (χ2n) is 5.10. The second kappa shape index (κ2) is 7.04. The van der Waals surface area contributed by atoms with E-state index < -0.39 is 0 Å². The van der Waals surface area contributed by atoms with Gasteiger partial charge in [0.2, 0.25) is 5.91 Å². The quantitative estimate of drug-likeness (QED) is 0.849. The molecule has 0 radical (unpaired) electrons. The Morgan fingerprint density at radius 3 is 2.81 bits per heavy atom. The molecule has 1 saturated heterocycles. The van der Waals surface area contributed by atoms with Crippen molar-refractivity contribution < 1.29 is 19.1 Å². The molecule has 2 rings (SSSR count). The first-order valence-corrected chi connectivity index (χ1v) is 8.09. The number of esters is 1. The summed E-state index contributed by atoms with van der Waals surface area (Å²) >= 11 is 1.43. The van der Waals surface area contributed by atoms with Gasteiger partial charge in [0.05, 0.1) is 30.8 Å². The van der Waals surface area contributed by atoms with Crippen LogP contribution in [0.4, 0.5) is 5.00 Å². The Balaban J connectivity index is 2.12. The highest BCUT2D eigenvalue weighted by Crippen LogP contribution is 2.30. The Bertz CT molecular complexity index is 526. The molecule has 116 valence electrons. The number of anilines is 1. The van der Waals surface area contributed by atoms with Gasteiger partial charge in [0.15, 0.2) is 0 Å². The van der Waals surface area contributed by atoms with Crippen molar-refractivity contribution in [2.24, 2.45) is 5.92 Å². The molecule has 2 unspecified atom stereocenters. The summed E-state index contributed by atoms with van der Waals surface area (Å²) in [7, 11) is 0.